The largest absolute Gasteiger partial charge is 0.481 e. The predicted octanol–water partition coefficient (Wildman–Crippen LogP) is 0.00620. The number of carboxylic acids is 1. The van der Waals surface area contributed by atoms with Gasteiger partial charge in [-0.3, -0.25) is 10.1 Å². The fraction of sp³-hybridized carbons (Fsp3) is 0.875. The molecule has 0 aromatic heterocycles. The number of carbonyl (C=O) groups is 1. The Morgan fingerprint density at radius 3 is 2.92 bits per heavy atom. The number of carboxylic acid groups (broad SMARTS) is 1. The fourth-order valence-corrected chi connectivity index (χ4v) is 1.60. The number of rotatable bonds is 4. The van der Waals surface area contributed by atoms with Crippen LogP contribution in [0.2, 0.25) is 0 Å². The highest BCUT2D eigenvalue weighted by molar-refractivity contribution is 5.71. The average molecular weight is 172 g/mol. The van der Waals surface area contributed by atoms with E-state index in [-0.39, 0.29) is 12.0 Å². The standard InChI is InChI=1S/C8H16N2O2/c1-2-3-6(8(11)12)7-4-9-5-10-7/h6-7,9-10H,2-5H2,1H3,(H,11,12). The van der Waals surface area contributed by atoms with E-state index in [0.29, 0.717) is 0 Å². The fourth-order valence-electron chi connectivity index (χ4n) is 1.60. The smallest absolute Gasteiger partial charge is 0.308 e. The second-order valence-electron chi connectivity index (χ2n) is 3.17. The molecule has 1 heterocycles. The van der Waals surface area contributed by atoms with Crippen LogP contribution in [0.1, 0.15) is 19.8 Å². The van der Waals surface area contributed by atoms with Gasteiger partial charge in [0, 0.05) is 19.3 Å². The van der Waals surface area contributed by atoms with Crippen molar-refractivity contribution in [1.82, 2.24) is 10.6 Å². The maximum absolute atomic E-state index is 10.8. The number of nitrogens with one attached hydrogen (secondary N) is 2. The summed E-state index contributed by atoms with van der Waals surface area (Å²) in [6, 6.07) is 0.113. The van der Waals surface area contributed by atoms with Crippen molar-refractivity contribution in [2.75, 3.05) is 13.2 Å². The van der Waals surface area contributed by atoms with E-state index in [9.17, 15) is 4.79 Å². The third kappa shape index (κ3) is 2.19. The van der Waals surface area contributed by atoms with Crippen molar-refractivity contribution in [3.8, 4) is 0 Å². The highest BCUT2D eigenvalue weighted by Gasteiger charge is 2.28. The number of hydrogen-bond acceptors (Lipinski definition) is 3. The van der Waals surface area contributed by atoms with Crippen molar-refractivity contribution >= 4 is 5.97 Å². The first kappa shape index (κ1) is 9.48. The van der Waals surface area contributed by atoms with E-state index in [1.807, 2.05) is 6.92 Å². The third-order valence-electron chi connectivity index (χ3n) is 2.26. The molecule has 0 spiro atoms. The van der Waals surface area contributed by atoms with Crippen molar-refractivity contribution in [2.24, 2.45) is 5.92 Å². The Hall–Kier alpha value is -0.610. The summed E-state index contributed by atoms with van der Waals surface area (Å²) in [5.74, 6) is -0.914. The second kappa shape index (κ2) is 4.42. The SMILES string of the molecule is CCCC(C(=O)O)C1CNCN1. The van der Waals surface area contributed by atoms with Crippen LogP contribution in [0.15, 0.2) is 0 Å². The molecule has 1 saturated heterocycles. The molecule has 0 amide bonds. The summed E-state index contributed by atoms with van der Waals surface area (Å²) in [4.78, 5) is 10.8. The van der Waals surface area contributed by atoms with Gasteiger partial charge in [-0.2, -0.15) is 0 Å². The van der Waals surface area contributed by atoms with Crippen LogP contribution < -0.4 is 10.6 Å². The van der Waals surface area contributed by atoms with Crippen molar-refractivity contribution < 1.29 is 9.90 Å². The Balaban J connectivity index is 2.45. The molecule has 2 atom stereocenters. The van der Waals surface area contributed by atoms with E-state index in [1.165, 1.54) is 0 Å². The van der Waals surface area contributed by atoms with E-state index in [1.54, 1.807) is 0 Å². The Morgan fingerprint density at radius 1 is 1.75 bits per heavy atom. The van der Waals surface area contributed by atoms with E-state index in [2.05, 4.69) is 10.6 Å². The van der Waals surface area contributed by atoms with Gasteiger partial charge in [0.15, 0.2) is 0 Å². The van der Waals surface area contributed by atoms with Crippen LogP contribution in [0.5, 0.6) is 0 Å². The third-order valence-corrected chi connectivity index (χ3v) is 2.26. The lowest BCUT2D eigenvalue weighted by Crippen LogP contribution is -2.37. The predicted molar refractivity (Wildman–Crippen MR) is 45.8 cm³/mol. The molecule has 1 aliphatic heterocycles. The van der Waals surface area contributed by atoms with Crippen molar-refractivity contribution in [2.45, 2.75) is 25.8 Å². The summed E-state index contributed by atoms with van der Waals surface area (Å²) in [6.07, 6.45) is 1.68. The lowest BCUT2D eigenvalue weighted by molar-refractivity contribution is -0.142. The van der Waals surface area contributed by atoms with Crippen molar-refractivity contribution in [3.63, 3.8) is 0 Å². The van der Waals surface area contributed by atoms with Crippen molar-refractivity contribution in [1.29, 1.82) is 0 Å². The molecule has 1 aliphatic rings. The van der Waals surface area contributed by atoms with Gasteiger partial charge < -0.3 is 10.4 Å². The molecule has 2 unspecified atom stereocenters. The van der Waals surface area contributed by atoms with E-state index < -0.39 is 5.97 Å². The van der Waals surface area contributed by atoms with Crippen LogP contribution in [0.25, 0.3) is 0 Å². The molecule has 0 bridgehead atoms. The molecule has 3 N–H and O–H groups in total. The van der Waals surface area contributed by atoms with Gasteiger partial charge in [-0.1, -0.05) is 13.3 Å². The molecule has 0 aromatic carbocycles. The first-order valence-corrected chi connectivity index (χ1v) is 4.42. The Kier molecular flexibility index (Phi) is 3.49. The second-order valence-corrected chi connectivity index (χ2v) is 3.17. The summed E-state index contributed by atoms with van der Waals surface area (Å²) in [6.45, 7) is 3.52. The quantitative estimate of drug-likeness (QED) is 0.559. The summed E-state index contributed by atoms with van der Waals surface area (Å²) in [5, 5.41) is 15.1. The molecule has 1 rings (SSSR count). The minimum absolute atomic E-state index is 0.113. The summed E-state index contributed by atoms with van der Waals surface area (Å²) in [5.41, 5.74) is 0. The molecule has 0 radical (unpaired) electrons. The minimum Gasteiger partial charge on any atom is -0.481 e. The normalized spacial score (nSPS) is 25.6. The molecule has 4 nitrogen and oxygen atoms in total. The molecule has 0 saturated carbocycles. The molecular formula is C8H16N2O2. The topological polar surface area (TPSA) is 61.4 Å². The van der Waals surface area contributed by atoms with E-state index in [0.717, 1.165) is 26.1 Å². The first-order chi connectivity index (χ1) is 5.75. The maximum Gasteiger partial charge on any atom is 0.308 e. The Labute approximate surface area is 72.3 Å². The highest BCUT2D eigenvalue weighted by Crippen LogP contribution is 2.13. The average Bonchev–Trinajstić information content (AvgIpc) is 2.51. The summed E-state index contributed by atoms with van der Waals surface area (Å²) in [7, 11) is 0. The molecule has 12 heavy (non-hydrogen) atoms. The van der Waals surface area contributed by atoms with Crippen LogP contribution in [0.4, 0.5) is 0 Å². The van der Waals surface area contributed by atoms with Gasteiger partial charge >= 0.3 is 5.97 Å². The van der Waals surface area contributed by atoms with E-state index >= 15 is 0 Å². The van der Waals surface area contributed by atoms with Crippen LogP contribution in [-0.2, 0) is 4.79 Å². The first-order valence-electron chi connectivity index (χ1n) is 4.42. The monoisotopic (exact) mass is 172 g/mol. The molecule has 0 aromatic rings. The van der Waals surface area contributed by atoms with Crippen LogP contribution in [0.3, 0.4) is 0 Å². The number of hydrogen-bond donors (Lipinski definition) is 3. The lowest BCUT2D eigenvalue weighted by Gasteiger charge is -2.17. The zero-order chi connectivity index (χ0) is 8.97. The van der Waals surface area contributed by atoms with Gasteiger partial charge in [0.25, 0.3) is 0 Å². The number of aliphatic carboxylic acids is 1. The van der Waals surface area contributed by atoms with Gasteiger partial charge in [-0.05, 0) is 6.42 Å². The van der Waals surface area contributed by atoms with Gasteiger partial charge in [0.05, 0.1) is 5.92 Å². The summed E-state index contributed by atoms with van der Waals surface area (Å²) < 4.78 is 0. The molecule has 4 heteroatoms. The van der Waals surface area contributed by atoms with E-state index in [4.69, 9.17) is 5.11 Å². The van der Waals surface area contributed by atoms with Crippen LogP contribution in [0, 0.1) is 5.92 Å². The summed E-state index contributed by atoms with van der Waals surface area (Å²) >= 11 is 0. The van der Waals surface area contributed by atoms with Gasteiger partial charge in [-0.25, -0.2) is 0 Å². The maximum atomic E-state index is 10.8. The van der Waals surface area contributed by atoms with Gasteiger partial charge in [0.2, 0.25) is 0 Å². The van der Waals surface area contributed by atoms with Crippen LogP contribution >= 0.6 is 0 Å². The molecule has 1 fully saturated rings. The van der Waals surface area contributed by atoms with Gasteiger partial charge in [0.1, 0.15) is 0 Å². The zero-order valence-electron chi connectivity index (χ0n) is 7.34. The Morgan fingerprint density at radius 2 is 2.50 bits per heavy atom. The molecule has 0 aliphatic carbocycles. The van der Waals surface area contributed by atoms with Crippen LogP contribution in [-0.4, -0.2) is 30.3 Å². The minimum atomic E-state index is -0.682. The highest BCUT2D eigenvalue weighted by atomic mass is 16.4. The zero-order valence-corrected chi connectivity index (χ0v) is 7.34. The molecule has 70 valence electrons. The molecular weight excluding hydrogens is 156 g/mol. The Bertz CT molecular complexity index is 155. The van der Waals surface area contributed by atoms with Gasteiger partial charge in [-0.15, -0.1) is 0 Å². The van der Waals surface area contributed by atoms with Crippen molar-refractivity contribution in [3.05, 3.63) is 0 Å². The lowest BCUT2D eigenvalue weighted by atomic mass is 9.96.